The smallest absolute Gasteiger partial charge is 0.164 e. The number of rotatable bonds is 2. The van der Waals surface area contributed by atoms with Crippen molar-refractivity contribution in [3.05, 3.63) is 34.9 Å². The molecule has 0 aliphatic heterocycles. The Labute approximate surface area is 82.4 Å². The summed E-state index contributed by atoms with van der Waals surface area (Å²) < 4.78 is 26.5. The van der Waals surface area contributed by atoms with Crippen LogP contribution < -0.4 is 0 Å². The molecule has 14 heavy (non-hydrogen) atoms. The van der Waals surface area contributed by atoms with Crippen molar-refractivity contribution in [3.63, 3.8) is 0 Å². The molecule has 0 bridgehead atoms. The highest BCUT2D eigenvalue weighted by atomic mass is 19.2. The predicted molar refractivity (Wildman–Crippen MR) is 50.9 cm³/mol. The van der Waals surface area contributed by atoms with Crippen molar-refractivity contribution in [3.8, 4) is 0 Å². The third kappa shape index (κ3) is 1.93. The molecule has 0 saturated carbocycles. The number of aliphatic hydroxyl groups is 1. The Balaban J connectivity index is 3.17. The van der Waals surface area contributed by atoms with Crippen LogP contribution in [0, 0.1) is 24.5 Å². The number of aliphatic hydroxyl groups excluding tert-OH is 1. The third-order valence-corrected chi connectivity index (χ3v) is 2.26. The fourth-order valence-corrected chi connectivity index (χ4v) is 1.25. The SMILES string of the molecule is Cc1ccc(C(O)C(C)C)c(F)c1F. The Morgan fingerprint density at radius 3 is 2.21 bits per heavy atom. The monoisotopic (exact) mass is 200 g/mol. The number of hydrogen-bond acceptors (Lipinski definition) is 1. The summed E-state index contributed by atoms with van der Waals surface area (Å²) >= 11 is 0. The summed E-state index contributed by atoms with van der Waals surface area (Å²) in [5.41, 5.74) is 0.283. The Kier molecular flexibility index (Phi) is 3.21. The van der Waals surface area contributed by atoms with Gasteiger partial charge in [-0.05, 0) is 18.4 Å². The molecule has 0 fully saturated rings. The van der Waals surface area contributed by atoms with Gasteiger partial charge in [0.25, 0.3) is 0 Å². The predicted octanol–water partition coefficient (Wildman–Crippen LogP) is 2.96. The lowest BCUT2D eigenvalue weighted by Gasteiger charge is -2.16. The minimum Gasteiger partial charge on any atom is -0.388 e. The maximum Gasteiger partial charge on any atom is 0.164 e. The van der Waals surface area contributed by atoms with Gasteiger partial charge in [-0.3, -0.25) is 0 Å². The van der Waals surface area contributed by atoms with Crippen LogP contribution in [0.3, 0.4) is 0 Å². The zero-order valence-electron chi connectivity index (χ0n) is 8.51. The Hall–Kier alpha value is -0.960. The van der Waals surface area contributed by atoms with Crippen molar-refractivity contribution in [2.24, 2.45) is 5.92 Å². The van der Waals surface area contributed by atoms with Crippen molar-refractivity contribution in [1.29, 1.82) is 0 Å². The van der Waals surface area contributed by atoms with Gasteiger partial charge >= 0.3 is 0 Å². The van der Waals surface area contributed by atoms with Crippen molar-refractivity contribution in [2.75, 3.05) is 0 Å². The molecule has 0 aliphatic carbocycles. The Morgan fingerprint density at radius 1 is 1.14 bits per heavy atom. The summed E-state index contributed by atoms with van der Waals surface area (Å²) in [5.74, 6) is -1.94. The lowest BCUT2D eigenvalue weighted by molar-refractivity contribution is 0.122. The molecule has 1 aromatic carbocycles. The van der Waals surface area contributed by atoms with Crippen LogP contribution in [-0.4, -0.2) is 5.11 Å². The molecular weight excluding hydrogens is 186 g/mol. The van der Waals surface area contributed by atoms with E-state index >= 15 is 0 Å². The lowest BCUT2D eigenvalue weighted by Crippen LogP contribution is -2.09. The van der Waals surface area contributed by atoms with Gasteiger partial charge in [-0.1, -0.05) is 26.0 Å². The highest BCUT2D eigenvalue weighted by Crippen LogP contribution is 2.26. The minimum atomic E-state index is -0.954. The molecule has 0 heterocycles. The molecule has 0 aromatic heterocycles. The maximum absolute atomic E-state index is 13.3. The fourth-order valence-electron chi connectivity index (χ4n) is 1.25. The Bertz CT molecular complexity index is 334. The van der Waals surface area contributed by atoms with E-state index in [0.29, 0.717) is 0 Å². The highest BCUT2D eigenvalue weighted by Gasteiger charge is 2.19. The van der Waals surface area contributed by atoms with E-state index in [4.69, 9.17) is 0 Å². The first-order chi connectivity index (χ1) is 6.45. The second-order valence-corrected chi connectivity index (χ2v) is 3.79. The molecule has 0 spiro atoms. The third-order valence-electron chi connectivity index (χ3n) is 2.26. The number of halogens is 2. The largest absolute Gasteiger partial charge is 0.388 e. The van der Waals surface area contributed by atoms with Crippen molar-refractivity contribution < 1.29 is 13.9 Å². The van der Waals surface area contributed by atoms with E-state index in [0.717, 1.165) is 0 Å². The molecule has 1 unspecified atom stereocenters. The molecule has 1 atom stereocenters. The van der Waals surface area contributed by atoms with Gasteiger partial charge in [0.1, 0.15) is 0 Å². The van der Waals surface area contributed by atoms with Gasteiger partial charge in [0.15, 0.2) is 11.6 Å². The molecule has 1 rings (SSSR count). The van der Waals surface area contributed by atoms with E-state index in [9.17, 15) is 13.9 Å². The van der Waals surface area contributed by atoms with Gasteiger partial charge in [0.2, 0.25) is 0 Å². The van der Waals surface area contributed by atoms with E-state index in [-0.39, 0.29) is 17.0 Å². The van der Waals surface area contributed by atoms with Gasteiger partial charge in [-0.2, -0.15) is 0 Å². The standard InChI is InChI=1S/C11H14F2O/c1-6(2)11(14)8-5-4-7(3)9(12)10(8)13/h4-6,11,14H,1-3H3. The molecule has 0 amide bonds. The van der Waals surface area contributed by atoms with Crippen LogP contribution in [-0.2, 0) is 0 Å². The number of benzene rings is 1. The first-order valence-corrected chi connectivity index (χ1v) is 4.57. The molecule has 1 aromatic rings. The molecule has 0 radical (unpaired) electrons. The van der Waals surface area contributed by atoms with Crippen molar-refractivity contribution in [1.82, 2.24) is 0 Å². The first kappa shape index (κ1) is 11.1. The number of hydrogen-bond donors (Lipinski definition) is 1. The van der Waals surface area contributed by atoms with Gasteiger partial charge in [0.05, 0.1) is 6.10 Å². The summed E-state index contributed by atoms with van der Waals surface area (Å²) in [6.45, 7) is 4.99. The average molecular weight is 200 g/mol. The highest BCUT2D eigenvalue weighted by molar-refractivity contribution is 5.27. The molecule has 78 valence electrons. The van der Waals surface area contributed by atoms with Crippen LogP contribution in [0.4, 0.5) is 8.78 Å². The summed E-state index contributed by atoms with van der Waals surface area (Å²) in [4.78, 5) is 0. The second kappa shape index (κ2) is 4.05. The summed E-state index contributed by atoms with van der Waals surface area (Å²) in [7, 11) is 0. The minimum absolute atomic E-state index is 0.0306. The number of aryl methyl sites for hydroxylation is 1. The second-order valence-electron chi connectivity index (χ2n) is 3.79. The van der Waals surface area contributed by atoms with Crippen LogP contribution in [0.15, 0.2) is 12.1 Å². The molecule has 1 nitrogen and oxygen atoms in total. The van der Waals surface area contributed by atoms with Gasteiger partial charge in [-0.15, -0.1) is 0 Å². The Morgan fingerprint density at radius 2 is 1.71 bits per heavy atom. The van der Waals surface area contributed by atoms with Crippen molar-refractivity contribution >= 4 is 0 Å². The summed E-state index contributed by atoms with van der Waals surface area (Å²) in [6, 6.07) is 2.90. The average Bonchev–Trinajstić information content (AvgIpc) is 2.13. The van der Waals surface area contributed by atoms with E-state index in [2.05, 4.69) is 0 Å². The topological polar surface area (TPSA) is 20.2 Å². The first-order valence-electron chi connectivity index (χ1n) is 4.57. The van der Waals surface area contributed by atoms with Gasteiger partial charge < -0.3 is 5.11 Å². The molecule has 1 N–H and O–H groups in total. The summed E-state index contributed by atoms with van der Waals surface area (Å²) in [6.07, 6.45) is -0.954. The molecular formula is C11H14F2O. The van der Waals surface area contributed by atoms with E-state index < -0.39 is 17.7 Å². The van der Waals surface area contributed by atoms with Crippen LogP contribution >= 0.6 is 0 Å². The van der Waals surface area contributed by atoms with Crippen LogP contribution in [0.5, 0.6) is 0 Å². The summed E-state index contributed by atoms with van der Waals surface area (Å²) in [5, 5.41) is 9.59. The van der Waals surface area contributed by atoms with Crippen LogP contribution in [0.1, 0.15) is 31.1 Å². The molecule has 0 saturated heterocycles. The zero-order chi connectivity index (χ0) is 10.9. The lowest BCUT2D eigenvalue weighted by atomic mass is 9.97. The van der Waals surface area contributed by atoms with Crippen LogP contribution in [0.25, 0.3) is 0 Å². The van der Waals surface area contributed by atoms with E-state index in [1.165, 1.54) is 19.1 Å². The fraction of sp³-hybridized carbons (Fsp3) is 0.455. The van der Waals surface area contributed by atoms with Gasteiger partial charge in [0, 0.05) is 5.56 Å². The maximum atomic E-state index is 13.3. The van der Waals surface area contributed by atoms with Gasteiger partial charge in [-0.25, -0.2) is 8.78 Å². The normalized spacial score (nSPS) is 13.4. The van der Waals surface area contributed by atoms with E-state index in [1.807, 2.05) is 0 Å². The van der Waals surface area contributed by atoms with Crippen LogP contribution in [0.2, 0.25) is 0 Å². The van der Waals surface area contributed by atoms with Crippen molar-refractivity contribution in [2.45, 2.75) is 26.9 Å². The molecule has 0 aliphatic rings. The molecule has 3 heteroatoms. The van der Waals surface area contributed by atoms with E-state index in [1.54, 1.807) is 13.8 Å². The zero-order valence-corrected chi connectivity index (χ0v) is 8.51. The quantitative estimate of drug-likeness (QED) is 0.778.